The molecule has 1 aliphatic rings. The van der Waals surface area contributed by atoms with Gasteiger partial charge in [-0.1, -0.05) is 0 Å². The highest BCUT2D eigenvalue weighted by molar-refractivity contribution is 5.96. The van der Waals surface area contributed by atoms with E-state index in [1.807, 2.05) is 0 Å². The monoisotopic (exact) mass is 211 g/mol. The minimum Gasteiger partial charge on any atom is -0.307 e. The highest BCUT2D eigenvalue weighted by atomic mass is 19.1. The number of halogens is 2. The summed E-state index contributed by atoms with van der Waals surface area (Å²) in [6, 6.07) is 5.16. The standard InChI is InChI=1S/C11H11F2NO/c12-7-10-5-6-11(15)14(10)9-3-1-8(13)2-4-9/h1-4,10H,5-7H2/t10-/m0/s1. The van der Waals surface area contributed by atoms with Crippen LogP contribution in [0.15, 0.2) is 24.3 Å². The Kier molecular flexibility index (Phi) is 2.66. The van der Waals surface area contributed by atoms with Gasteiger partial charge in [-0.3, -0.25) is 4.79 Å². The first-order chi connectivity index (χ1) is 7.22. The number of amides is 1. The molecule has 4 heteroatoms. The van der Waals surface area contributed by atoms with Gasteiger partial charge in [-0.05, 0) is 30.7 Å². The smallest absolute Gasteiger partial charge is 0.227 e. The van der Waals surface area contributed by atoms with E-state index in [2.05, 4.69) is 0 Å². The van der Waals surface area contributed by atoms with Crippen LogP contribution in [0.5, 0.6) is 0 Å². The topological polar surface area (TPSA) is 20.3 Å². The van der Waals surface area contributed by atoms with Gasteiger partial charge < -0.3 is 4.90 Å². The SMILES string of the molecule is O=C1CC[C@@H](CF)N1c1ccc(F)cc1. The van der Waals surface area contributed by atoms with Crippen molar-refractivity contribution in [1.82, 2.24) is 0 Å². The van der Waals surface area contributed by atoms with Crippen LogP contribution in [0.3, 0.4) is 0 Å². The molecule has 15 heavy (non-hydrogen) atoms. The number of carbonyl (C=O) groups is 1. The highest BCUT2D eigenvalue weighted by Crippen LogP contribution is 2.26. The molecule has 0 unspecified atom stereocenters. The summed E-state index contributed by atoms with van der Waals surface area (Å²) in [6.45, 7) is -0.552. The molecule has 0 N–H and O–H groups in total. The minimum absolute atomic E-state index is 0.0933. The van der Waals surface area contributed by atoms with Crippen molar-refractivity contribution in [2.75, 3.05) is 11.6 Å². The predicted molar refractivity (Wildman–Crippen MR) is 52.9 cm³/mol. The number of anilines is 1. The highest BCUT2D eigenvalue weighted by Gasteiger charge is 2.31. The van der Waals surface area contributed by atoms with Gasteiger partial charge >= 0.3 is 0 Å². The van der Waals surface area contributed by atoms with Crippen molar-refractivity contribution in [2.45, 2.75) is 18.9 Å². The van der Waals surface area contributed by atoms with Gasteiger partial charge in [-0.15, -0.1) is 0 Å². The number of rotatable bonds is 2. The fourth-order valence-corrected chi connectivity index (χ4v) is 1.85. The minimum atomic E-state index is -0.552. The number of nitrogens with zero attached hydrogens (tertiary/aromatic N) is 1. The van der Waals surface area contributed by atoms with Crippen LogP contribution in [-0.4, -0.2) is 18.6 Å². The fraction of sp³-hybridized carbons (Fsp3) is 0.364. The lowest BCUT2D eigenvalue weighted by molar-refractivity contribution is -0.117. The predicted octanol–water partition coefficient (Wildman–Crippen LogP) is 2.29. The van der Waals surface area contributed by atoms with Crippen molar-refractivity contribution in [1.29, 1.82) is 0 Å². The molecule has 80 valence electrons. The van der Waals surface area contributed by atoms with Crippen LogP contribution in [0.4, 0.5) is 14.5 Å². The van der Waals surface area contributed by atoms with E-state index in [9.17, 15) is 13.6 Å². The molecule has 1 aliphatic heterocycles. The van der Waals surface area contributed by atoms with Crippen molar-refractivity contribution in [3.63, 3.8) is 0 Å². The summed E-state index contributed by atoms with van der Waals surface area (Å²) in [5, 5.41) is 0. The Morgan fingerprint density at radius 2 is 2.00 bits per heavy atom. The lowest BCUT2D eigenvalue weighted by Crippen LogP contribution is -2.34. The zero-order valence-corrected chi connectivity index (χ0v) is 8.12. The van der Waals surface area contributed by atoms with Crippen LogP contribution in [0.1, 0.15) is 12.8 Å². The molecule has 0 saturated carbocycles. The molecular weight excluding hydrogens is 200 g/mol. The van der Waals surface area contributed by atoms with Crippen LogP contribution in [-0.2, 0) is 4.79 Å². The molecule has 1 atom stereocenters. The summed E-state index contributed by atoms with van der Waals surface area (Å²) in [4.78, 5) is 12.9. The van der Waals surface area contributed by atoms with Gasteiger partial charge in [0.15, 0.2) is 0 Å². The fourth-order valence-electron chi connectivity index (χ4n) is 1.85. The third-order valence-electron chi connectivity index (χ3n) is 2.61. The van der Waals surface area contributed by atoms with Crippen LogP contribution in [0.25, 0.3) is 0 Å². The van der Waals surface area contributed by atoms with E-state index in [-0.39, 0.29) is 17.8 Å². The van der Waals surface area contributed by atoms with Crippen LogP contribution < -0.4 is 4.90 Å². The average Bonchev–Trinajstić information content (AvgIpc) is 2.61. The summed E-state index contributed by atoms with van der Waals surface area (Å²) in [6.07, 6.45) is 0.901. The maximum absolute atomic E-state index is 12.7. The van der Waals surface area contributed by atoms with E-state index >= 15 is 0 Å². The second kappa shape index (κ2) is 3.96. The Bertz CT molecular complexity index is 363. The van der Waals surface area contributed by atoms with Gasteiger partial charge in [0, 0.05) is 12.1 Å². The number of hydrogen-bond donors (Lipinski definition) is 0. The van der Waals surface area contributed by atoms with Crippen LogP contribution >= 0.6 is 0 Å². The maximum atomic E-state index is 12.7. The Balaban J connectivity index is 2.28. The molecule has 1 fully saturated rings. The van der Waals surface area contributed by atoms with Gasteiger partial charge in [0.05, 0.1) is 6.04 Å². The second-order valence-electron chi connectivity index (χ2n) is 3.59. The lowest BCUT2D eigenvalue weighted by atomic mass is 10.2. The Labute approximate surface area is 86.5 Å². The first-order valence-corrected chi connectivity index (χ1v) is 4.86. The molecule has 0 aromatic heterocycles. The molecule has 1 amide bonds. The summed E-state index contributed by atoms with van der Waals surface area (Å²) < 4.78 is 25.3. The van der Waals surface area contributed by atoms with E-state index in [0.29, 0.717) is 18.5 Å². The van der Waals surface area contributed by atoms with Crippen molar-refractivity contribution >= 4 is 11.6 Å². The van der Waals surface area contributed by atoms with Gasteiger partial charge in [0.25, 0.3) is 0 Å². The Morgan fingerprint density at radius 1 is 1.33 bits per heavy atom. The number of carbonyl (C=O) groups excluding carboxylic acids is 1. The van der Waals surface area contributed by atoms with E-state index in [4.69, 9.17) is 0 Å². The first kappa shape index (κ1) is 10.1. The van der Waals surface area contributed by atoms with Crippen molar-refractivity contribution < 1.29 is 13.6 Å². The zero-order valence-electron chi connectivity index (χ0n) is 8.12. The van der Waals surface area contributed by atoms with Crippen LogP contribution in [0, 0.1) is 5.82 Å². The summed E-state index contributed by atoms with van der Waals surface area (Å²) >= 11 is 0. The van der Waals surface area contributed by atoms with E-state index in [0.717, 1.165) is 0 Å². The van der Waals surface area contributed by atoms with Crippen LogP contribution in [0.2, 0.25) is 0 Å². The van der Waals surface area contributed by atoms with E-state index < -0.39 is 6.67 Å². The molecule has 2 rings (SSSR count). The molecule has 0 radical (unpaired) electrons. The first-order valence-electron chi connectivity index (χ1n) is 4.86. The summed E-state index contributed by atoms with van der Waals surface area (Å²) in [7, 11) is 0. The third-order valence-corrected chi connectivity index (χ3v) is 2.61. The molecular formula is C11H11F2NO. The second-order valence-corrected chi connectivity index (χ2v) is 3.59. The summed E-state index contributed by atoms with van der Waals surface area (Å²) in [5.41, 5.74) is 0.571. The van der Waals surface area contributed by atoms with Gasteiger partial charge in [0.1, 0.15) is 12.5 Å². The maximum Gasteiger partial charge on any atom is 0.227 e. The quantitative estimate of drug-likeness (QED) is 0.735. The normalized spacial score (nSPS) is 21.1. The largest absolute Gasteiger partial charge is 0.307 e. The molecule has 2 nitrogen and oxygen atoms in total. The molecule has 0 aliphatic carbocycles. The van der Waals surface area contributed by atoms with E-state index in [1.54, 1.807) is 0 Å². The molecule has 1 heterocycles. The van der Waals surface area contributed by atoms with Gasteiger partial charge in [0.2, 0.25) is 5.91 Å². The zero-order chi connectivity index (χ0) is 10.8. The van der Waals surface area contributed by atoms with Gasteiger partial charge in [-0.2, -0.15) is 0 Å². The number of benzene rings is 1. The third kappa shape index (κ3) is 1.84. The average molecular weight is 211 g/mol. The van der Waals surface area contributed by atoms with Gasteiger partial charge in [-0.25, -0.2) is 8.78 Å². The molecule has 0 bridgehead atoms. The Hall–Kier alpha value is -1.45. The lowest BCUT2D eigenvalue weighted by Gasteiger charge is -2.22. The number of hydrogen-bond acceptors (Lipinski definition) is 1. The molecule has 1 saturated heterocycles. The Morgan fingerprint density at radius 3 is 2.60 bits per heavy atom. The van der Waals surface area contributed by atoms with Crippen molar-refractivity contribution in [2.24, 2.45) is 0 Å². The number of alkyl halides is 1. The molecule has 1 aromatic carbocycles. The van der Waals surface area contributed by atoms with E-state index in [1.165, 1.54) is 29.2 Å². The van der Waals surface area contributed by atoms with Crippen molar-refractivity contribution in [3.8, 4) is 0 Å². The molecule has 1 aromatic rings. The summed E-state index contributed by atoms with van der Waals surface area (Å²) in [5.74, 6) is -0.452. The van der Waals surface area contributed by atoms with Crippen molar-refractivity contribution in [3.05, 3.63) is 30.1 Å². The molecule has 0 spiro atoms.